The molecule has 1 fully saturated rings. The number of benzene rings is 1. The van der Waals surface area contributed by atoms with Gasteiger partial charge in [-0.25, -0.2) is 0 Å². The van der Waals surface area contributed by atoms with Crippen molar-refractivity contribution < 1.29 is 4.79 Å². The summed E-state index contributed by atoms with van der Waals surface area (Å²) in [6.07, 6.45) is 2.55. The van der Waals surface area contributed by atoms with Gasteiger partial charge in [0.25, 0.3) is 0 Å². The van der Waals surface area contributed by atoms with Gasteiger partial charge in [0.1, 0.15) is 17.6 Å². The highest BCUT2D eigenvalue weighted by Crippen LogP contribution is 2.07. The van der Waals surface area contributed by atoms with E-state index in [4.69, 9.17) is 0 Å². The molecule has 6 nitrogen and oxygen atoms in total. The molecule has 0 atom stereocenters. The number of carbonyl (C=O) groups excluding carboxylic acids is 1. The summed E-state index contributed by atoms with van der Waals surface area (Å²) in [6.45, 7) is 4.11. The average Bonchev–Trinajstić information content (AvgIpc) is 3.06. The summed E-state index contributed by atoms with van der Waals surface area (Å²) in [5, 5.41) is 11.5. The molecule has 2 heterocycles. The van der Waals surface area contributed by atoms with Crippen molar-refractivity contribution in [3.8, 4) is 0 Å². The maximum absolute atomic E-state index is 11.8. The Morgan fingerprint density at radius 2 is 1.80 bits per heavy atom. The lowest BCUT2D eigenvalue weighted by atomic mass is 10.3. The maximum Gasteiger partial charge on any atom is 0.243 e. The van der Waals surface area contributed by atoms with E-state index < -0.39 is 0 Å². The second kappa shape index (κ2) is 6.00. The van der Waals surface area contributed by atoms with Crippen molar-refractivity contribution >= 4 is 16.9 Å². The standard InChI is InChI=1S/C14H19N5O/c20-14(15-7-10-18-8-3-4-9-18)11-19-16-12-5-1-2-6-13(12)17-19/h1-2,5-6H,3-4,7-11H2,(H,15,20). The number of nitrogens with zero attached hydrogens (tertiary/aromatic N) is 4. The van der Waals surface area contributed by atoms with E-state index in [0.29, 0.717) is 6.54 Å². The Morgan fingerprint density at radius 3 is 2.45 bits per heavy atom. The van der Waals surface area contributed by atoms with Crippen LogP contribution in [0.4, 0.5) is 0 Å². The number of nitrogens with one attached hydrogen (secondary N) is 1. The molecule has 20 heavy (non-hydrogen) atoms. The number of amides is 1. The summed E-state index contributed by atoms with van der Waals surface area (Å²) >= 11 is 0. The third kappa shape index (κ3) is 3.14. The molecule has 0 unspecified atom stereocenters. The SMILES string of the molecule is O=C(Cn1nc2ccccc2n1)NCCN1CCCC1. The molecular formula is C14H19N5O. The minimum atomic E-state index is -0.0375. The molecule has 0 aliphatic carbocycles. The topological polar surface area (TPSA) is 63.1 Å². The van der Waals surface area contributed by atoms with Gasteiger partial charge in [-0.2, -0.15) is 15.0 Å². The van der Waals surface area contributed by atoms with Gasteiger partial charge in [-0.05, 0) is 38.1 Å². The fourth-order valence-electron chi connectivity index (χ4n) is 2.52. The van der Waals surface area contributed by atoms with Crippen LogP contribution in [0.1, 0.15) is 12.8 Å². The zero-order chi connectivity index (χ0) is 13.8. The quantitative estimate of drug-likeness (QED) is 0.868. The van der Waals surface area contributed by atoms with E-state index in [1.165, 1.54) is 17.6 Å². The van der Waals surface area contributed by atoms with Crippen LogP contribution >= 0.6 is 0 Å². The summed E-state index contributed by atoms with van der Waals surface area (Å²) in [6, 6.07) is 7.61. The predicted octanol–water partition coefficient (Wildman–Crippen LogP) is 0.643. The summed E-state index contributed by atoms with van der Waals surface area (Å²) in [7, 11) is 0. The van der Waals surface area contributed by atoms with Gasteiger partial charge in [0.15, 0.2) is 0 Å². The predicted molar refractivity (Wildman–Crippen MR) is 76.2 cm³/mol. The van der Waals surface area contributed by atoms with Gasteiger partial charge in [-0.3, -0.25) is 4.79 Å². The van der Waals surface area contributed by atoms with Crippen LogP contribution in [0.2, 0.25) is 0 Å². The van der Waals surface area contributed by atoms with Crippen molar-refractivity contribution in [3.05, 3.63) is 24.3 Å². The van der Waals surface area contributed by atoms with Crippen LogP contribution in [0.15, 0.2) is 24.3 Å². The minimum absolute atomic E-state index is 0.0375. The molecule has 0 saturated carbocycles. The molecule has 0 spiro atoms. The van der Waals surface area contributed by atoms with Crippen molar-refractivity contribution in [2.45, 2.75) is 19.4 Å². The lowest BCUT2D eigenvalue weighted by Crippen LogP contribution is -2.35. The van der Waals surface area contributed by atoms with Crippen molar-refractivity contribution in [1.82, 2.24) is 25.2 Å². The molecule has 1 aliphatic heterocycles. The third-order valence-corrected chi connectivity index (χ3v) is 3.56. The molecular weight excluding hydrogens is 254 g/mol. The van der Waals surface area contributed by atoms with Crippen molar-refractivity contribution in [2.24, 2.45) is 0 Å². The molecule has 1 amide bonds. The number of hydrogen-bond donors (Lipinski definition) is 1. The van der Waals surface area contributed by atoms with Crippen LogP contribution in [0, 0.1) is 0 Å². The summed E-state index contributed by atoms with van der Waals surface area (Å²) in [5.41, 5.74) is 1.63. The molecule has 0 bridgehead atoms. The first-order valence-corrected chi connectivity index (χ1v) is 7.10. The minimum Gasteiger partial charge on any atom is -0.353 e. The van der Waals surface area contributed by atoms with E-state index in [9.17, 15) is 4.79 Å². The largest absolute Gasteiger partial charge is 0.353 e. The van der Waals surface area contributed by atoms with Gasteiger partial charge in [0.2, 0.25) is 5.91 Å². The van der Waals surface area contributed by atoms with Crippen LogP contribution < -0.4 is 5.32 Å². The van der Waals surface area contributed by atoms with Crippen LogP contribution in [-0.4, -0.2) is 52.0 Å². The van der Waals surface area contributed by atoms with Gasteiger partial charge in [-0.1, -0.05) is 12.1 Å². The average molecular weight is 273 g/mol. The second-order valence-electron chi connectivity index (χ2n) is 5.12. The van der Waals surface area contributed by atoms with Crippen LogP contribution in [0.5, 0.6) is 0 Å². The highest BCUT2D eigenvalue weighted by Gasteiger charge is 2.11. The van der Waals surface area contributed by atoms with E-state index in [1.807, 2.05) is 24.3 Å². The fraction of sp³-hybridized carbons (Fsp3) is 0.500. The van der Waals surface area contributed by atoms with Gasteiger partial charge < -0.3 is 10.2 Å². The first kappa shape index (κ1) is 13.1. The Labute approximate surface area is 117 Å². The van der Waals surface area contributed by atoms with E-state index in [-0.39, 0.29) is 12.5 Å². The molecule has 0 radical (unpaired) electrons. The molecule has 1 aliphatic rings. The first-order valence-electron chi connectivity index (χ1n) is 7.10. The Kier molecular flexibility index (Phi) is 3.92. The van der Waals surface area contributed by atoms with Crippen LogP contribution in [0.25, 0.3) is 11.0 Å². The zero-order valence-electron chi connectivity index (χ0n) is 11.5. The Balaban J connectivity index is 1.48. The Hall–Kier alpha value is -1.95. The molecule has 1 aromatic carbocycles. The number of fused-ring (bicyclic) bond motifs is 1. The molecule has 1 aromatic heterocycles. The first-order chi connectivity index (χ1) is 9.81. The molecule has 106 valence electrons. The smallest absolute Gasteiger partial charge is 0.243 e. The van der Waals surface area contributed by atoms with E-state index in [0.717, 1.165) is 30.7 Å². The zero-order valence-corrected chi connectivity index (χ0v) is 11.5. The molecule has 1 saturated heterocycles. The van der Waals surface area contributed by atoms with E-state index >= 15 is 0 Å². The fourth-order valence-corrected chi connectivity index (χ4v) is 2.52. The highest BCUT2D eigenvalue weighted by atomic mass is 16.2. The monoisotopic (exact) mass is 273 g/mol. The van der Waals surface area contributed by atoms with E-state index in [2.05, 4.69) is 20.4 Å². The number of aromatic nitrogens is 3. The van der Waals surface area contributed by atoms with Gasteiger partial charge in [-0.15, -0.1) is 0 Å². The summed E-state index contributed by atoms with van der Waals surface area (Å²) in [5.74, 6) is -0.0375. The van der Waals surface area contributed by atoms with Crippen molar-refractivity contribution in [2.75, 3.05) is 26.2 Å². The maximum atomic E-state index is 11.8. The number of rotatable bonds is 5. The normalized spacial score (nSPS) is 15.8. The van der Waals surface area contributed by atoms with Crippen LogP contribution in [-0.2, 0) is 11.3 Å². The number of likely N-dealkylation sites (tertiary alicyclic amines) is 1. The van der Waals surface area contributed by atoms with Gasteiger partial charge in [0, 0.05) is 13.1 Å². The summed E-state index contributed by atoms with van der Waals surface area (Å²) < 4.78 is 0. The molecule has 2 aromatic rings. The Bertz CT molecular complexity index is 555. The lowest BCUT2D eigenvalue weighted by molar-refractivity contribution is -0.122. The molecule has 6 heteroatoms. The van der Waals surface area contributed by atoms with Crippen LogP contribution in [0.3, 0.4) is 0 Å². The van der Waals surface area contributed by atoms with Crippen molar-refractivity contribution in [1.29, 1.82) is 0 Å². The second-order valence-corrected chi connectivity index (χ2v) is 5.12. The third-order valence-electron chi connectivity index (χ3n) is 3.56. The highest BCUT2D eigenvalue weighted by molar-refractivity contribution is 5.77. The lowest BCUT2D eigenvalue weighted by Gasteiger charge is -2.14. The Morgan fingerprint density at radius 1 is 1.15 bits per heavy atom. The van der Waals surface area contributed by atoms with Crippen molar-refractivity contribution in [3.63, 3.8) is 0 Å². The van der Waals surface area contributed by atoms with E-state index in [1.54, 1.807) is 0 Å². The summed E-state index contributed by atoms with van der Waals surface area (Å²) in [4.78, 5) is 15.7. The molecule has 1 N–H and O–H groups in total. The number of hydrogen-bond acceptors (Lipinski definition) is 4. The van der Waals surface area contributed by atoms with Gasteiger partial charge in [0.05, 0.1) is 0 Å². The van der Waals surface area contributed by atoms with Gasteiger partial charge >= 0.3 is 0 Å². The number of carbonyl (C=O) groups is 1. The molecule has 3 rings (SSSR count).